The Kier molecular flexibility index (Phi) is 11.5. The number of benzene rings is 6. The van der Waals surface area contributed by atoms with Gasteiger partial charge in [-0.05, 0) is 97.3 Å². The van der Waals surface area contributed by atoms with Gasteiger partial charge in [-0.1, -0.05) is 124 Å². The molecule has 2 nitrogen and oxygen atoms in total. The lowest BCUT2D eigenvalue weighted by atomic mass is 10.0. The van der Waals surface area contributed by atoms with Crippen LogP contribution in [0.5, 0.6) is 0 Å². The summed E-state index contributed by atoms with van der Waals surface area (Å²) in [6, 6.07) is 56.0. The highest BCUT2D eigenvalue weighted by Crippen LogP contribution is 2.38. The molecule has 0 fully saturated rings. The van der Waals surface area contributed by atoms with Crippen LogP contribution in [0.15, 0.2) is 158 Å². The van der Waals surface area contributed by atoms with E-state index >= 15 is 0 Å². The van der Waals surface area contributed by atoms with Gasteiger partial charge in [0, 0.05) is 34.1 Å². The van der Waals surface area contributed by atoms with Crippen molar-refractivity contribution in [1.82, 2.24) is 0 Å². The van der Waals surface area contributed by atoms with Gasteiger partial charge in [0.05, 0.1) is 0 Å². The summed E-state index contributed by atoms with van der Waals surface area (Å²) in [5.74, 6) is 0. The van der Waals surface area contributed by atoms with Gasteiger partial charge in [-0.25, -0.2) is 0 Å². The van der Waals surface area contributed by atoms with E-state index < -0.39 is 0 Å². The minimum atomic E-state index is 1.13. The van der Waals surface area contributed by atoms with E-state index in [-0.39, 0.29) is 0 Å². The van der Waals surface area contributed by atoms with Gasteiger partial charge in [-0.2, -0.15) is 0 Å². The van der Waals surface area contributed by atoms with Crippen molar-refractivity contribution >= 4 is 34.1 Å². The molecule has 0 aliphatic carbocycles. The van der Waals surface area contributed by atoms with Gasteiger partial charge in [0.15, 0.2) is 0 Å². The fourth-order valence-corrected chi connectivity index (χ4v) is 5.14. The molecule has 0 amide bonds. The first kappa shape index (κ1) is 31.8. The SMILES string of the molecule is CC.CC.Cc1ccc(N(c2ccccc2)c2ccc(-c3ccc(N(c4ccccc4)c4ccccc4C)cc3)cc2)cc1. The van der Waals surface area contributed by atoms with Crippen LogP contribution in [0.1, 0.15) is 38.8 Å². The van der Waals surface area contributed by atoms with E-state index in [1.165, 1.54) is 27.9 Å². The number of rotatable bonds is 7. The first-order valence-corrected chi connectivity index (χ1v) is 15.7. The molecule has 0 N–H and O–H groups in total. The standard InChI is InChI=1S/C38H32N2.2C2H6/c1-29-17-23-35(24-18-29)39(33-12-5-3-6-13-33)36-25-19-31(20-26-36)32-21-27-37(28-22-32)40(34-14-7-4-8-15-34)38-16-10-9-11-30(38)2;2*1-2/h3-28H,1-2H3;2*1-2H3. The predicted molar refractivity (Wildman–Crippen MR) is 193 cm³/mol. The molecule has 0 aliphatic heterocycles. The van der Waals surface area contributed by atoms with Crippen molar-refractivity contribution in [2.24, 2.45) is 0 Å². The molecule has 0 aliphatic rings. The maximum atomic E-state index is 2.32. The highest BCUT2D eigenvalue weighted by Gasteiger charge is 2.15. The average molecular weight is 577 g/mol. The van der Waals surface area contributed by atoms with Crippen molar-refractivity contribution in [2.75, 3.05) is 9.80 Å². The molecule has 0 saturated heterocycles. The highest BCUT2D eigenvalue weighted by atomic mass is 15.1. The molecule has 0 spiro atoms. The van der Waals surface area contributed by atoms with Crippen LogP contribution in [0.3, 0.4) is 0 Å². The Morgan fingerprint density at radius 1 is 0.318 bits per heavy atom. The zero-order chi connectivity index (χ0) is 31.3. The molecule has 0 saturated carbocycles. The molecule has 0 aromatic heterocycles. The average Bonchev–Trinajstić information content (AvgIpc) is 3.10. The van der Waals surface area contributed by atoms with Crippen LogP contribution < -0.4 is 9.80 Å². The van der Waals surface area contributed by atoms with Crippen molar-refractivity contribution in [2.45, 2.75) is 41.5 Å². The summed E-state index contributed by atoms with van der Waals surface area (Å²) in [5.41, 5.74) is 11.7. The molecule has 2 heteroatoms. The molecule has 6 rings (SSSR count). The van der Waals surface area contributed by atoms with E-state index in [1.807, 2.05) is 27.7 Å². The zero-order valence-electron chi connectivity index (χ0n) is 26.9. The van der Waals surface area contributed by atoms with Crippen LogP contribution in [0, 0.1) is 13.8 Å². The van der Waals surface area contributed by atoms with Crippen LogP contribution in [0.2, 0.25) is 0 Å². The van der Waals surface area contributed by atoms with E-state index in [9.17, 15) is 0 Å². The van der Waals surface area contributed by atoms with E-state index in [2.05, 4.69) is 181 Å². The summed E-state index contributed by atoms with van der Waals surface area (Å²) in [6.07, 6.45) is 0. The fourth-order valence-electron chi connectivity index (χ4n) is 5.14. The van der Waals surface area contributed by atoms with Crippen LogP contribution in [0.25, 0.3) is 11.1 Å². The van der Waals surface area contributed by atoms with Crippen molar-refractivity contribution in [1.29, 1.82) is 0 Å². The summed E-state index contributed by atoms with van der Waals surface area (Å²) in [5, 5.41) is 0. The normalized spacial score (nSPS) is 10.0. The van der Waals surface area contributed by atoms with Crippen LogP contribution >= 0.6 is 0 Å². The van der Waals surface area contributed by atoms with Crippen molar-refractivity contribution in [3.63, 3.8) is 0 Å². The summed E-state index contributed by atoms with van der Waals surface area (Å²) in [4.78, 5) is 4.62. The molecule has 0 heterocycles. The van der Waals surface area contributed by atoms with Gasteiger partial charge in [-0.15, -0.1) is 0 Å². The topological polar surface area (TPSA) is 6.48 Å². The molecule has 222 valence electrons. The van der Waals surface area contributed by atoms with Gasteiger partial charge in [0.1, 0.15) is 0 Å². The van der Waals surface area contributed by atoms with Crippen LogP contribution in [-0.4, -0.2) is 0 Å². The zero-order valence-corrected chi connectivity index (χ0v) is 26.9. The monoisotopic (exact) mass is 576 g/mol. The van der Waals surface area contributed by atoms with E-state index in [1.54, 1.807) is 0 Å². The minimum absolute atomic E-state index is 1.13. The molecule has 0 unspecified atom stereocenters. The lowest BCUT2D eigenvalue weighted by molar-refractivity contribution is 1.25. The number of hydrogen-bond donors (Lipinski definition) is 0. The number of para-hydroxylation sites is 3. The number of aryl methyl sites for hydroxylation is 2. The maximum Gasteiger partial charge on any atom is 0.0490 e. The second-order valence-electron chi connectivity index (χ2n) is 10.1. The molecular formula is C42H44N2. The van der Waals surface area contributed by atoms with E-state index in [0.717, 1.165) is 28.4 Å². The van der Waals surface area contributed by atoms with Crippen molar-refractivity contribution in [3.05, 3.63) is 169 Å². The second-order valence-corrected chi connectivity index (χ2v) is 10.1. The molecule has 6 aromatic carbocycles. The predicted octanol–water partition coefficient (Wildman–Crippen LogP) is 13.0. The quantitative estimate of drug-likeness (QED) is 0.186. The summed E-state index contributed by atoms with van der Waals surface area (Å²) in [7, 11) is 0. The Balaban J connectivity index is 0.00000106. The molecule has 0 radical (unpaired) electrons. The molecule has 0 atom stereocenters. The van der Waals surface area contributed by atoms with E-state index in [0.29, 0.717) is 0 Å². The van der Waals surface area contributed by atoms with E-state index in [4.69, 9.17) is 0 Å². The largest absolute Gasteiger partial charge is 0.311 e. The second kappa shape index (κ2) is 16.0. The van der Waals surface area contributed by atoms with Gasteiger partial charge >= 0.3 is 0 Å². The maximum absolute atomic E-state index is 2.32. The molecular weight excluding hydrogens is 532 g/mol. The first-order valence-electron chi connectivity index (χ1n) is 15.7. The lowest BCUT2D eigenvalue weighted by Gasteiger charge is -2.27. The Hall–Kier alpha value is -5.08. The molecule has 6 aromatic rings. The Morgan fingerprint density at radius 3 is 1.11 bits per heavy atom. The summed E-state index contributed by atoms with van der Waals surface area (Å²) < 4.78 is 0. The summed E-state index contributed by atoms with van der Waals surface area (Å²) >= 11 is 0. The number of nitrogens with zero attached hydrogens (tertiary/aromatic N) is 2. The summed E-state index contributed by atoms with van der Waals surface area (Å²) in [6.45, 7) is 12.3. The number of hydrogen-bond acceptors (Lipinski definition) is 2. The first-order chi connectivity index (χ1) is 21.7. The third kappa shape index (κ3) is 7.46. The molecule has 0 bridgehead atoms. The third-order valence-electron chi connectivity index (χ3n) is 7.26. The smallest absolute Gasteiger partial charge is 0.0490 e. The lowest BCUT2D eigenvalue weighted by Crippen LogP contribution is -2.11. The van der Waals surface area contributed by atoms with Crippen molar-refractivity contribution in [3.8, 4) is 11.1 Å². The third-order valence-corrected chi connectivity index (χ3v) is 7.26. The Bertz CT molecular complexity index is 1670. The van der Waals surface area contributed by atoms with Gasteiger partial charge < -0.3 is 9.80 Å². The van der Waals surface area contributed by atoms with Crippen LogP contribution in [0.4, 0.5) is 34.1 Å². The van der Waals surface area contributed by atoms with Gasteiger partial charge in [0.2, 0.25) is 0 Å². The van der Waals surface area contributed by atoms with Crippen LogP contribution in [-0.2, 0) is 0 Å². The fraction of sp³-hybridized carbons (Fsp3) is 0.143. The van der Waals surface area contributed by atoms with Gasteiger partial charge in [0.25, 0.3) is 0 Å². The Labute approximate surface area is 264 Å². The number of anilines is 6. The minimum Gasteiger partial charge on any atom is -0.311 e. The highest BCUT2D eigenvalue weighted by molar-refractivity contribution is 5.81. The Morgan fingerprint density at radius 2 is 0.659 bits per heavy atom. The van der Waals surface area contributed by atoms with Crippen molar-refractivity contribution < 1.29 is 0 Å². The van der Waals surface area contributed by atoms with Gasteiger partial charge in [-0.3, -0.25) is 0 Å². The molecule has 44 heavy (non-hydrogen) atoms.